The molecule has 0 fully saturated rings. The van der Waals surface area contributed by atoms with Crippen molar-refractivity contribution in [1.82, 2.24) is 25.0 Å². The Morgan fingerprint density at radius 1 is 1.28 bits per heavy atom. The molecule has 1 atom stereocenters. The van der Waals surface area contributed by atoms with Crippen molar-refractivity contribution in [2.45, 2.75) is 45.0 Å². The number of hydrogen-bond acceptors (Lipinski definition) is 8. The molecular formula is C18H21ClN6O2S2. The van der Waals surface area contributed by atoms with E-state index in [0.717, 1.165) is 11.4 Å². The Balaban J connectivity index is 1.62. The SMILES string of the molecule is CCc1nnc(NC(=O)CSc2nnc(C(C)Oc3ccccc3Cl)n2CC)s1. The lowest BCUT2D eigenvalue weighted by atomic mass is 10.3. The highest BCUT2D eigenvalue weighted by Gasteiger charge is 2.20. The summed E-state index contributed by atoms with van der Waals surface area (Å²) in [6.45, 7) is 6.53. The molecular weight excluding hydrogens is 432 g/mol. The Kier molecular flexibility index (Phi) is 7.45. The lowest BCUT2D eigenvalue weighted by Gasteiger charge is -2.16. The van der Waals surface area contributed by atoms with Gasteiger partial charge in [-0.05, 0) is 32.4 Å². The van der Waals surface area contributed by atoms with Gasteiger partial charge in [-0.2, -0.15) is 0 Å². The van der Waals surface area contributed by atoms with Crippen LogP contribution in [0, 0.1) is 0 Å². The van der Waals surface area contributed by atoms with Gasteiger partial charge in [-0.1, -0.05) is 53.8 Å². The first-order valence-electron chi connectivity index (χ1n) is 9.11. The number of nitrogens with one attached hydrogen (secondary N) is 1. The molecule has 1 N–H and O–H groups in total. The third-order valence-corrected chi connectivity index (χ3v) is 6.18. The lowest BCUT2D eigenvalue weighted by Crippen LogP contribution is -2.15. The van der Waals surface area contributed by atoms with Gasteiger partial charge < -0.3 is 9.30 Å². The number of anilines is 1. The Bertz CT molecular complexity index is 977. The van der Waals surface area contributed by atoms with Gasteiger partial charge in [-0.3, -0.25) is 10.1 Å². The molecule has 0 aliphatic heterocycles. The first kappa shape index (κ1) is 21.5. The van der Waals surface area contributed by atoms with E-state index in [0.29, 0.717) is 33.4 Å². The van der Waals surface area contributed by atoms with E-state index in [-0.39, 0.29) is 17.8 Å². The van der Waals surface area contributed by atoms with Crippen LogP contribution in [0.15, 0.2) is 29.4 Å². The van der Waals surface area contributed by atoms with Crippen molar-refractivity contribution in [2.24, 2.45) is 0 Å². The molecule has 3 aromatic rings. The number of aromatic nitrogens is 5. The van der Waals surface area contributed by atoms with Crippen LogP contribution < -0.4 is 10.1 Å². The number of carbonyl (C=O) groups is 1. The van der Waals surface area contributed by atoms with Crippen LogP contribution in [0.1, 0.15) is 37.7 Å². The normalized spacial score (nSPS) is 12.0. The zero-order chi connectivity index (χ0) is 20.8. The number of benzene rings is 1. The quantitative estimate of drug-likeness (QED) is 0.485. The largest absolute Gasteiger partial charge is 0.481 e. The summed E-state index contributed by atoms with van der Waals surface area (Å²) in [4.78, 5) is 12.2. The van der Waals surface area contributed by atoms with Crippen LogP contribution in [0.5, 0.6) is 5.75 Å². The van der Waals surface area contributed by atoms with E-state index in [9.17, 15) is 4.79 Å². The number of halogens is 1. The maximum absolute atomic E-state index is 12.2. The predicted octanol–water partition coefficient (Wildman–Crippen LogP) is 4.24. The minimum atomic E-state index is -0.348. The minimum Gasteiger partial charge on any atom is -0.481 e. The molecule has 0 saturated carbocycles. The van der Waals surface area contributed by atoms with Crippen molar-refractivity contribution in [3.05, 3.63) is 40.1 Å². The van der Waals surface area contributed by atoms with Gasteiger partial charge >= 0.3 is 0 Å². The standard InChI is InChI=1S/C18H21ClN6O2S2/c1-4-15-21-23-17(29-15)20-14(26)10-28-18-24-22-16(25(18)5-2)11(3)27-13-9-7-6-8-12(13)19/h6-9,11H,4-5,10H2,1-3H3,(H,20,23,26). The molecule has 0 bridgehead atoms. The number of thioether (sulfide) groups is 1. The van der Waals surface area contributed by atoms with E-state index >= 15 is 0 Å². The Morgan fingerprint density at radius 3 is 2.76 bits per heavy atom. The van der Waals surface area contributed by atoms with Gasteiger partial charge in [0, 0.05) is 6.54 Å². The molecule has 154 valence electrons. The van der Waals surface area contributed by atoms with Gasteiger partial charge in [-0.25, -0.2) is 0 Å². The fraction of sp³-hybridized carbons (Fsp3) is 0.389. The van der Waals surface area contributed by atoms with Crippen molar-refractivity contribution >= 4 is 45.7 Å². The number of amides is 1. The topological polar surface area (TPSA) is 94.8 Å². The fourth-order valence-electron chi connectivity index (χ4n) is 2.52. The van der Waals surface area contributed by atoms with Crippen LogP contribution in [0.2, 0.25) is 5.02 Å². The number of carbonyl (C=O) groups excluding carboxylic acids is 1. The molecule has 11 heteroatoms. The van der Waals surface area contributed by atoms with Crippen molar-refractivity contribution in [2.75, 3.05) is 11.1 Å². The zero-order valence-corrected chi connectivity index (χ0v) is 18.6. The molecule has 1 amide bonds. The van der Waals surface area contributed by atoms with Gasteiger partial charge in [0.25, 0.3) is 0 Å². The number of para-hydroxylation sites is 1. The van der Waals surface area contributed by atoms with Crippen LogP contribution in [0.4, 0.5) is 5.13 Å². The van der Waals surface area contributed by atoms with Crippen LogP contribution >= 0.6 is 34.7 Å². The molecule has 0 radical (unpaired) electrons. The minimum absolute atomic E-state index is 0.165. The molecule has 8 nitrogen and oxygen atoms in total. The van der Waals surface area contributed by atoms with E-state index in [2.05, 4.69) is 25.7 Å². The summed E-state index contributed by atoms with van der Waals surface area (Å²) in [6, 6.07) is 7.29. The second kappa shape index (κ2) is 10.0. The van der Waals surface area contributed by atoms with Crippen LogP contribution in [-0.4, -0.2) is 36.6 Å². The Hall–Kier alpha value is -2.17. The Labute approximate surface area is 182 Å². The van der Waals surface area contributed by atoms with E-state index in [1.165, 1.54) is 23.1 Å². The van der Waals surface area contributed by atoms with Crippen molar-refractivity contribution in [1.29, 1.82) is 0 Å². The van der Waals surface area contributed by atoms with Crippen LogP contribution in [0.25, 0.3) is 0 Å². The molecule has 0 spiro atoms. The molecule has 3 rings (SSSR count). The van der Waals surface area contributed by atoms with Gasteiger partial charge in [-0.15, -0.1) is 20.4 Å². The molecule has 2 heterocycles. The zero-order valence-electron chi connectivity index (χ0n) is 16.3. The summed E-state index contributed by atoms with van der Waals surface area (Å²) in [6.07, 6.45) is 0.443. The third-order valence-electron chi connectivity index (χ3n) is 3.91. The fourth-order valence-corrected chi connectivity index (χ4v) is 4.21. The highest BCUT2D eigenvalue weighted by Crippen LogP contribution is 2.29. The third kappa shape index (κ3) is 5.46. The smallest absolute Gasteiger partial charge is 0.236 e. The highest BCUT2D eigenvalue weighted by atomic mass is 35.5. The molecule has 0 aliphatic carbocycles. The maximum Gasteiger partial charge on any atom is 0.236 e. The molecule has 1 unspecified atom stereocenters. The molecule has 0 saturated heterocycles. The van der Waals surface area contributed by atoms with Crippen molar-refractivity contribution in [3.8, 4) is 5.75 Å². The average Bonchev–Trinajstić information content (AvgIpc) is 3.34. The molecule has 2 aromatic heterocycles. The lowest BCUT2D eigenvalue weighted by molar-refractivity contribution is -0.113. The summed E-state index contributed by atoms with van der Waals surface area (Å²) in [5, 5.41) is 21.8. The number of aryl methyl sites for hydroxylation is 1. The number of ether oxygens (including phenoxy) is 1. The van der Waals surface area contributed by atoms with Gasteiger partial charge in [0.2, 0.25) is 11.0 Å². The molecule has 29 heavy (non-hydrogen) atoms. The summed E-state index contributed by atoms with van der Waals surface area (Å²) in [5.74, 6) is 1.29. The highest BCUT2D eigenvalue weighted by molar-refractivity contribution is 7.99. The van der Waals surface area contributed by atoms with Crippen LogP contribution in [-0.2, 0) is 17.8 Å². The second-order valence-electron chi connectivity index (χ2n) is 5.97. The van der Waals surface area contributed by atoms with E-state index < -0.39 is 0 Å². The second-order valence-corrected chi connectivity index (χ2v) is 8.38. The summed E-state index contributed by atoms with van der Waals surface area (Å²) >= 11 is 8.86. The van der Waals surface area contributed by atoms with Crippen LogP contribution in [0.3, 0.4) is 0 Å². The first-order valence-corrected chi connectivity index (χ1v) is 11.3. The summed E-state index contributed by atoms with van der Waals surface area (Å²) < 4.78 is 7.88. The maximum atomic E-state index is 12.2. The van der Waals surface area contributed by atoms with Gasteiger partial charge in [0.05, 0.1) is 10.8 Å². The van der Waals surface area contributed by atoms with Crippen molar-refractivity contribution < 1.29 is 9.53 Å². The van der Waals surface area contributed by atoms with E-state index in [4.69, 9.17) is 16.3 Å². The summed E-state index contributed by atoms with van der Waals surface area (Å²) in [7, 11) is 0. The molecule has 0 aliphatic rings. The summed E-state index contributed by atoms with van der Waals surface area (Å²) in [5.41, 5.74) is 0. The first-order chi connectivity index (χ1) is 14.0. The Morgan fingerprint density at radius 2 is 2.07 bits per heavy atom. The monoisotopic (exact) mass is 452 g/mol. The average molecular weight is 453 g/mol. The van der Waals surface area contributed by atoms with E-state index in [1.54, 1.807) is 6.07 Å². The predicted molar refractivity (Wildman–Crippen MR) is 115 cm³/mol. The number of nitrogens with zero attached hydrogens (tertiary/aromatic N) is 5. The number of hydrogen-bond donors (Lipinski definition) is 1. The van der Waals surface area contributed by atoms with Gasteiger partial charge in [0.1, 0.15) is 10.8 Å². The van der Waals surface area contributed by atoms with E-state index in [1.807, 2.05) is 43.5 Å². The van der Waals surface area contributed by atoms with Gasteiger partial charge in [0.15, 0.2) is 17.1 Å². The van der Waals surface area contributed by atoms with Crippen molar-refractivity contribution in [3.63, 3.8) is 0 Å². The molecule has 1 aromatic carbocycles. The number of rotatable bonds is 9.